The van der Waals surface area contributed by atoms with Gasteiger partial charge < -0.3 is 14.6 Å². The molecule has 0 aliphatic heterocycles. The van der Waals surface area contributed by atoms with Gasteiger partial charge in [-0.1, -0.05) is 0 Å². The van der Waals surface area contributed by atoms with Crippen molar-refractivity contribution in [3.8, 4) is 28.5 Å². The molecule has 0 saturated heterocycles. The number of phenolic OH excluding ortho intramolecular Hbond substituents is 1. The lowest BCUT2D eigenvalue weighted by atomic mass is 10.1. The zero-order valence-corrected chi connectivity index (χ0v) is 15.1. The van der Waals surface area contributed by atoms with Gasteiger partial charge in [0, 0.05) is 11.1 Å². The van der Waals surface area contributed by atoms with Crippen LogP contribution in [0.25, 0.3) is 11.3 Å². The van der Waals surface area contributed by atoms with Gasteiger partial charge in [0.25, 0.3) is 5.91 Å². The second kappa shape index (κ2) is 8.21. The zero-order chi connectivity index (χ0) is 20.1. The third-order valence-corrected chi connectivity index (χ3v) is 3.84. The molecule has 0 saturated carbocycles. The van der Waals surface area contributed by atoms with Gasteiger partial charge in [0.2, 0.25) is 5.75 Å². The molecule has 1 aromatic heterocycles. The largest absolute Gasteiger partial charge is 0.502 e. The molecule has 0 bridgehead atoms. The van der Waals surface area contributed by atoms with Crippen molar-refractivity contribution in [1.29, 1.82) is 0 Å². The normalized spacial score (nSPS) is 10.8. The fraction of sp³-hybridized carbons (Fsp3) is 0.105. The molecule has 0 aliphatic carbocycles. The first-order chi connectivity index (χ1) is 13.5. The molecule has 144 valence electrons. The monoisotopic (exact) mass is 384 g/mol. The Balaban J connectivity index is 1.70. The highest BCUT2D eigenvalue weighted by Crippen LogP contribution is 2.36. The standard InChI is InChI=1S/C19H17FN4O4/c1-27-16-7-11(8-17(28-2)18(16)25)10-21-24-19(26)15-9-14(22-23-15)12-3-5-13(20)6-4-12/h3-10,25H,1-2H3,(H,22,23)(H,24,26)/b21-10+. The maximum atomic E-state index is 13.0. The predicted octanol–water partition coefficient (Wildman–Crippen LogP) is 2.70. The lowest BCUT2D eigenvalue weighted by molar-refractivity contribution is 0.0950. The number of H-pyrrole nitrogens is 1. The van der Waals surface area contributed by atoms with E-state index in [9.17, 15) is 14.3 Å². The van der Waals surface area contributed by atoms with Crippen molar-refractivity contribution >= 4 is 12.1 Å². The van der Waals surface area contributed by atoms with Gasteiger partial charge in [-0.2, -0.15) is 10.2 Å². The van der Waals surface area contributed by atoms with Gasteiger partial charge in [-0.3, -0.25) is 9.89 Å². The number of hydrogen-bond donors (Lipinski definition) is 3. The lowest BCUT2D eigenvalue weighted by Crippen LogP contribution is -2.18. The highest BCUT2D eigenvalue weighted by molar-refractivity contribution is 5.94. The van der Waals surface area contributed by atoms with Gasteiger partial charge in [-0.15, -0.1) is 0 Å². The number of amides is 1. The van der Waals surface area contributed by atoms with Crippen molar-refractivity contribution < 1.29 is 23.8 Å². The van der Waals surface area contributed by atoms with E-state index >= 15 is 0 Å². The fourth-order valence-electron chi connectivity index (χ4n) is 2.42. The molecule has 0 radical (unpaired) electrons. The maximum Gasteiger partial charge on any atom is 0.289 e. The molecule has 1 heterocycles. The number of aromatic nitrogens is 2. The molecule has 28 heavy (non-hydrogen) atoms. The van der Waals surface area contributed by atoms with E-state index in [1.807, 2.05) is 0 Å². The minimum absolute atomic E-state index is 0.128. The first-order valence-corrected chi connectivity index (χ1v) is 8.11. The third-order valence-electron chi connectivity index (χ3n) is 3.84. The van der Waals surface area contributed by atoms with Crippen molar-refractivity contribution in [1.82, 2.24) is 15.6 Å². The average molecular weight is 384 g/mol. The second-order valence-electron chi connectivity index (χ2n) is 5.65. The quantitative estimate of drug-likeness (QED) is 0.447. The van der Waals surface area contributed by atoms with Crippen LogP contribution in [0.4, 0.5) is 4.39 Å². The van der Waals surface area contributed by atoms with Crippen LogP contribution in [0.5, 0.6) is 17.2 Å². The summed E-state index contributed by atoms with van der Waals surface area (Å²) in [4.78, 5) is 12.2. The maximum absolute atomic E-state index is 13.0. The number of halogens is 1. The molecule has 3 rings (SSSR count). The number of ether oxygens (including phenoxy) is 2. The van der Waals surface area contributed by atoms with E-state index < -0.39 is 5.91 Å². The Morgan fingerprint density at radius 2 is 1.82 bits per heavy atom. The smallest absolute Gasteiger partial charge is 0.289 e. The van der Waals surface area contributed by atoms with E-state index in [-0.39, 0.29) is 28.8 Å². The summed E-state index contributed by atoms with van der Waals surface area (Å²) in [5.74, 6) is -0.560. The highest BCUT2D eigenvalue weighted by atomic mass is 19.1. The summed E-state index contributed by atoms with van der Waals surface area (Å²) >= 11 is 0. The Morgan fingerprint density at radius 3 is 2.43 bits per heavy atom. The zero-order valence-electron chi connectivity index (χ0n) is 15.1. The molecule has 8 nitrogen and oxygen atoms in total. The van der Waals surface area contributed by atoms with Crippen molar-refractivity contribution in [3.63, 3.8) is 0 Å². The number of rotatable bonds is 6. The van der Waals surface area contributed by atoms with Crippen LogP contribution < -0.4 is 14.9 Å². The van der Waals surface area contributed by atoms with Crippen LogP contribution in [-0.2, 0) is 0 Å². The molecule has 0 fully saturated rings. The molecule has 0 aliphatic rings. The van der Waals surface area contributed by atoms with Crippen LogP contribution in [0.1, 0.15) is 16.1 Å². The highest BCUT2D eigenvalue weighted by Gasteiger charge is 2.12. The van der Waals surface area contributed by atoms with E-state index in [2.05, 4.69) is 20.7 Å². The number of phenols is 1. The first kappa shape index (κ1) is 18.9. The van der Waals surface area contributed by atoms with Crippen molar-refractivity contribution in [2.24, 2.45) is 5.10 Å². The van der Waals surface area contributed by atoms with Crippen molar-refractivity contribution in [2.75, 3.05) is 14.2 Å². The van der Waals surface area contributed by atoms with Crippen LogP contribution in [-0.4, -0.2) is 41.6 Å². The Kier molecular flexibility index (Phi) is 5.54. The van der Waals surface area contributed by atoms with Gasteiger partial charge in [-0.05, 0) is 42.5 Å². The summed E-state index contributed by atoms with van der Waals surface area (Å²) in [6.45, 7) is 0. The number of hydrogen-bond acceptors (Lipinski definition) is 6. The number of methoxy groups -OCH3 is 2. The predicted molar refractivity (Wildman–Crippen MR) is 100 cm³/mol. The van der Waals surface area contributed by atoms with Gasteiger partial charge in [0.1, 0.15) is 11.5 Å². The molecular weight excluding hydrogens is 367 g/mol. The van der Waals surface area contributed by atoms with Crippen LogP contribution in [0.15, 0.2) is 47.6 Å². The van der Waals surface area contributed by atoms with Crippen LogP contribution in [0.2, 0.25) is 0 Å². The summed E-state index contributed by atoms with van der Waals surface area (Å²) in [6.07, 6.45) is 1.37. The van der Waals surface area contributed by atoms with E-state index in [1.165, 1.54) is 50.8 Å². The molecule has 3 aromatic rings. The molecular formula is C19H17FN4O4. The SMILES string of the molecule is COc1cc(/C=N/NC(=O)c2cc(-c3ccc(F)cc3)n[nH]2)cc(OC)c1O. The summed E-state index contributed by atoms with van der Waals surface area (Å²) in [5.41, 5.74) is 4.27. The topological polar surface area (TPSA) is 109 Å². The van der Waals surface area contributed by atoms with Gasteiger partial charge in [0.05, 0.1) is 26.1 Å². The fourth-order valence-corrected chi connectivity index (χ4v) is 2.42. The van der Waals surface area contributed by atoms with Crippen LogP contribution in [0.3, 0.4) is 0 Å². The van der Waals surface area contributed by atoms with E-state index in [1.54, 1.807) is 12.1 Å². The van der Waals surface area contributed by atoms with E-state index in [4.69, 9.17) is 9.47 Å². The first-order valence-electron chi connectivity index (χ1n) is 8.11. The number of aromatic amines is 1. The molecule has 1 amide bonds. The molecule has 0 atom stereocenters. The number of hydrazone groups is 1. The Bertz CT molecular complexity index is 990. The van der Waals surface area contributed by atoms with E-state index in [0.717, 1.165) is 0 Å². The molecule has 0 spiro atoms. The third kappa shape index (κ3) is 4.09. The average Bonchev–Trinajstić information content (AvgIpc) is 3.19. The Hall–Kier alpha value is -3.88. The second-order valence-corrected chi connectivity index (χ2v) is 5.65. The van der Waals surface area contributed by atoms with Crippen molar-refractivity contribution in [2.45, 2.75) is 0 Å². The van der Waals surface area contributed by atoms with Gasteiger partial charge in [-0.25, -0.2) is 9.82 Å². The van der Waals surface area contributed by atoms with Gasteiger partial charge >= 0.3 is 0 Å². The summed E-state index contributed by atoms with van der Waals surface area (Å²) in [7, 11) is 2.82. The lowest BCUT2D eigenvalue weighted by Gasteiger charge is -2.09. The summed E-state index contributed by atoms with van der Waals surface area (Å²) < 4.78 is 23.1. The Morgan fingerprint density at radius 1 is 1.18 bits per heavy atom. The van der Waals surface area contributed by atoms with E-state index in [0.29, 0.717) is 16.8 Å². The molecule has 3 N–H and O–H groups in total. The number of nitrogens with zero attached hydrogens (tertiary/aromatic N) is 2. The summed E-state index contributed by atoms with van der Waals surface area (Å²) in [5, 5.41) is 20.4. The number of carbonyl (C=O) groups is 1. The minimum Gasteiger partial charge on any atom is -0.502 e. The number of benzene rings is 2. The number of nitrogens with one attached hydrogen (secondary N) is 2. The summed E-state index contributed by atoms with van der Waals surface area (Å²) in [6, 6.07) is 10.4. The molecule has 2 aromatic carbocycles. The Labute approximate surface area is 159 Å². The van der Waals surface area contributed by atoms with Crippen molar-refractivity contribution in [3.05, 3.63) is 59.5 Å². The number of aromatic hydroxyl groups is 1. The van der Waals surface area contributed by atoms with Crippen LogP contribution in [0, 0.1) is 5.82 Å². The minimum atomic E-state index is -0.505. The molecule has 0 unspecified atom stereocenters. The molecule has 9 heteroatoms. The van der Waals surface area contributed by atoms with Crippen LogP contribution >= 0.6 is 0 Å². The number of carbonyl (C=O) groups excluding carboxylic acids is 1. The van der Waals surface area contributed by atoms with Gasteiger partial charge in [0.15, 0.2) is 11.5 Å².